The van der Waals surface area contributed by atoms with Gasteiger partial charge in [0.1, 0.15) is 77.1 Å². The fraction of sp³-hybridized carbons (Fsp3) is 0.211. The van der Waals surface area contributed by atoms with Crippen LogP contribution in [-0.2, 0) is 82.1 Å². The summed E-state index contributed by atoms with van der Waals surface area (Å²) in [6.45, 7) is 23.5. The summed E-state index contributed by atoms with van der Waals surface area (Å²) in [5.41, 5.74) is 17.9. The number of hydrogen-bond acceptors (Lipinski definition) is 16. The Bertz CT molecular complexity index is 8560. The molecule has 20 aromatic rings. The minimum Gasteiger partial charge on any atom is -0.480 e. The Labute approximate surface area is 884 Å². The van der Waals surface area contributed by atoms with E-state index in [1.807, 2.05) is 330 Å². The van der Waals surface area contributed by atoms with Crippen molar-refractivity contribution in [3.63, 3.8) is 0 Å². The van der Waals surface area contributed by atoms with Gasteiger partial charge in [-0.1, -0.05) is 191 Å². The number of H-pyrrole nitrogens is 4. The number of fused-ring (bicyclic) bond motifs is 14. The lowest BCUT2D eigenvalue weighted by Gasteiger charge is -2.29. The maximum absolute atomic E-state index is 13.4. The van der Waals surface area contributed by atoms with E-state index >= 15 is 0 Å². The molecule has 0 saturated carbocycles. The maximum atomic E-state index is 13.4. The number of nitrogens with zero attached hydrogens (tertiary/aromatic N) is 8. The maximum Gasteiger partial charge on any atom is 0.356 e. The first-order valence-electron chi connectivity index (χ1n) is 48.0. The van der Waals surface area contributed by atoms with E-state index in [1.165, 1.54) is 0 Å². The third-order valence-electron chi connectivity index (χ3n) is 24.1. The molecule has 31 nitrogen and oxygen atoms in total. The largest absolute Gasteiger partial charge is 0.480 e. The summed E-state index contributed by atoms with van der Waals surface area (Å²) < 4.78 is 37.1. The lowest BCUT2D eigenvalue weighted by atomic mass is 10.2. The third-order valence-corrected chi connectivity index (χ3v) is 26.1. The molecule has 10 aromatic heterocycles. The number of para-hydroxylation sites is 6. The molecule has 2 aliphatic heterocycles. The van der Waals surface area contributed by atoms with E-state index in [1.54, 1.807) is 57.2 Å². The molecule has 150 heavy (non-hydrogen) atoms. The Morgan fingerprint density at radius 3 is 1.14 bits per heavy atom. The number of aliphatic carboxylic acids is 1. The van der Waals surface area contributed by atoms with Gasteiger partial charge in [-0.25, -0.2) is 14.4 Å². The summed E-state index contributed by atoms with van der Waals surface area (Å²) in [7, 11) is 0. The van der Waals surface area contributed by atoms with Crippen LogP contribution in [0.25, 0.3) is 109 Å². The molecule has 0 aliphatic carbocycles. The molecular weight excluding hydrogens is 2010 g/mol. The molecule has 12 heterocycles. The quantitative estimate of drug-likeness (QED) is 0.0238. The highest BCUT2D eigenvalue weighted by Gasteiger charge is 2.35. The first-order chi connectivity index (χ1) is 71.6. The topological polar surface area (TPSA) is 395 Å². The number of anilines is 4. The molecule has 2 aliphatic rings. The number of nitrogen functional groups attached to an aromatic ring is 1. The Hall–Kier alpha value is -16.5. The predicted octanol–water partition coefficient (Wildman–Crippen LogP) is 25.0. The molecule has 770 valence electrons. The third kappa shape index (κ3) is 24.2. The average Bonchev–Trinajstić information content (AvgIpc) is 1.59. The van der Waals surface area contributed by atoms with E-state index in [9.17, 15) is 47.9 Å². The Balaban J connectivity index is 0.000000128. The number of esters is 5. The SMILES string of the molecule is CC(C)(C)OC(=O)Cn1ccc2ccc(N)cc21.CC(C)(C)OC(=O)Cn1ccc2ccc(N3CCn4c(c(Cl)c5ccccc54)C3=O)cc21.CC(C)(C)OC(=O)Cn1ccc2ccc(NC(=O)c3[nH]c4ccccc4c3Cl)cc21.CCOC(=O)c1[nH]c2ccccc2c1Cl.CCOC(=O)c1cc2ccccc2[nH]1.O=C(O)Cn1ccc2ccc(N3CCn4c(c(Cl)c5ccccc54)C3=O)cc21.O=C(O)c1[nH]c2ccccc2c1Cl. The number of carboxylic acid groups (broad SMARTS) is 2. The highest BCUT2D eigenvalue weighted by atomic mass is 35.5. The van der Waals surface area contributed by atoms with E-state index in [2.05, 4.69) is 25.3 Å². The molecule has 0 atom stereocenters. The summed E-state index contributed by atoms with van der Waals surface area (Å²) in [4.78, 5) is 136. The second-order valence-corrected chi connectivity index (χ2v) is 40.0. The number of nitrogens with two attached hydrogens (primary N) is 1. The number of rotatable bonds is 17. The smallest absolute Gasteiger partial charge is 0.356 e. The number of aromatic carboxylic acids is 1. The van der Waals surface area contributed by atoms with Gasteiger partial charge in [0, 0.05) is 128 Å². The van der Waals surface area contributed by atoms with E-state index in [-0.39, 0.29) is 78.5 Å². The number of halogens is 5. The molecule has 0 saturated heterocycles. The fourth-order valence-electron chi connectivity index (χ4n) is 17.7. The van der Waals surface area contributed by atoms with E-state index < -0.39 is 34.7 Å². The van der Waals surface area contributed by atoms with Gasteiger partial charge in [-0.05, 0) is 213 Å². The van der Waals surface area contributed by atoms with Gasteiger partial charge in [0.25, 0.3) is 17.7 Å². The highest BCUT2D eigenvalue weighted by Crippen LogP contribution is 2.40. The number of aromatic nitrogens is 10. The lowest BCUT2D eigenvalue weighted by molar-refractivity contribution is -0.156. The minimum atomic E-state index is -1.04. The van der Waals surface area contributed by atoms with Gasteiger partial charge in [0.2, 0.25) is 0 Å². The van der Waals surface area contributed by atoms with E-state index in [0.717, 1.165) is 120 Å². The van der Waals surface area contributed by atoms with Crippen LogP contribution < -0.4 is 20.9 Å². The molecule has 10 aromatic carbocycles. The van der Waals surface area contributed by atoms with Crippen molar-refractivity contribution in [1.29, 1.82) is 0 Å². The van der Waals surface area contributed by atoms with Crippen molar-refractivity contribution in [2.24, 2.45) is 0 Å². The predicted molar refractivity (Wildman–Crippen MR) is 590 cm³/mol. The van der Waals surface area contributed by atoms with Gasteiger partial charge in [-0.15, -0.1) is 0 Å². The van der Waals surface area contributed by atoms with Crippen LogP contribution in [0.15, 0.2) is 274 Å². The van der Waals surface area contributed by atoms with Gasteiger partial charge < -0.3 is 102 Å². The van der Waals surface area contributed by atoms with Gasteiger partial charge >= 0.3 is 41.8 Å². The summed E-state index contributed by atoms with van der Waals surface area (Å²) in [6, 6.07) is 77.6. The molecule has 0 spiro atoms. The number of amides is 3. The van der Waals surface area contributed by atoms with Crippen molar-refractivity contribution < 1.29 is 81.8 Å². The van der Waals surface area contributed by atoms with Crippen molar-refractivity contribution in [2.45, 2.75) is 132 Å². The van der Waals surface area contributed by atoms with Gasteiger partial charge in [0.15, 0.2) is 0 Å². The zero-order valence-electron chi connectivity index (χ0n) is 83.6. The van der Waals surface area contributed by atoms with Crippen LogP contribution >= 0.6 is 58.0 Å². The highest BCUT2D eigenvalue weighted by molar-refractivity contribution is 6.42. The van der Waals surface area contributed by atoms with Crippen molar-refractivity contribution in [1.82, 2.24) is 47.3 Å². The normalized spacial score (nSPS) is 12.3. The second kappa shape index (κ2) is 45.1. The summed E-state index contributed by atoms with van der Waals surface area (Å²) in [6.07, 6.45) is 7.31. The fourth-order valence-corrected chi connectivity index (χ4v) is 19.3. The number of carbonyl (C=O) groups is 10. The summed E-state index contributed by atoms with van der Waals surface area (Å²) >= 11 is 31.4. The Morgan fingerprint density at radius 1 is 0.360 bits per heavy atom. The number of nitrogens with one attached hydrogen (secondary N) is 5. The number of carboxylic acids is 2. The Morgan fingerprint density at radius 2 is 0.720 bits per heavy atom. The van der Waals surface area contributed by atoms with Crippen LogP contribution in [0.4, 0.5) is 22.7 Å². The van der Waals surface area contributed by atoms with Crippen molar-refractivity contribution in [2.75, 3.05) is 47.2 Å². The molecule has 0 unspecified atom stereocenters. The number of ether oxygens (including phenoxy) is 5. The van der Waals surface area contributed by atoms with Gasteiger partial charge in [0.05, 0.1) is 71.4 Å². The number of aromatic amines is 4. The van der Waals surface area contributed by atoms with Crippen molar-refractivity contribution >= 4 is 249 Å². The van der Waals surface area contributed by atoms with E-state index in [0.29, 0.717) is 99.3 Å². The first-order valence-corrected chi connectivity index (χ1v) is 49.9. The Kier molecular flexibility index (Phi) is 32.0. The van der Waals surface area contributed by atoms with Gasteiger partial charge in [-0.2, -0.15) is 0 Å². The standard InChI is InChI=1S/C25H24ClN3O3.C23H22ClN3O3.C21H16ClN3O3.C14H18N2O2.C11H10ClNO2.C11H11NO2.C9H6ClNO2/c1-25(2,3)32-21(30)15-27-11-10-16-8-9-17(14-20(16)27)28-12-13-29-19-7-5-4-6-18(19)22(26)23(29)24(28)31;1-23(2,3)30-19(28)13-27-11-10-14-8-9-15(12-18(14)27)25-22(29)21-20(24)16-6-4-5-7-17(16)26-21;22-19-15-3-1-2-4-16(15)25-10-9-24(21(28)20(19)25)14-6-5-13-7-8-23(12-18(26)27)17(13)11-14;1-14(2,3)18-13(17)9-16-7-6-10-4-5-11(15)8-12(10)16;1-2-15-11(14)10-9(12)7-5-3-4-6-8(7)13-10;1-2-14-11(13)10-7-8-5-3-4-6-9(8)12-10;10-7-5-3-1-2-4-6(5)11-8(7)9(12)13/h4-11,14H,12-13,15H2,1-3H3;4-12,26H,13H2,1-3H3,(H,25,29);1-8,11H,9-10,12H2,(H,26,27);4-8H,9,15H2,1-3H3;3-6,13H,2H2,1H3;3-7,12H,2H2,1H3;1-4,11H,(H,12,13). The average molecular weight is 2120 g/mol. The number of benzene rings is 10. The molecular formula is C114H107Cl5N14O17. The minimum absolute atomic E-state index is 0.0443. The zero-order valence-corrected chi connectivity index (χ0v) is 87.4. The molecule has 0 radical (unpaired) electrons. The van der Waals surface area contributed by atoms with Crippen molar-refractivity contribution in [3.8, 4) is 0 Å². The molecule has 3 amide bonds. The van der Waals surface area contributed by atoms with Crippen LogP contribution in [0, 0.1) is 0 Å². The molecule has 9 N–H and O–H groups in total. The summed E-state index contributed by atoms with van der Waals surface area (Å²) in [5, 5.41) is 31.9. The van der Waals surface area contributed by atoms with Gasteiger partial charge in [-0.3, -0.25) is 33.6 Å². The number of carbonyl (C=O) groups excluding carboxylic acids is 8. The van der Waals surface area contributed by atoms with Crippen LogP contribution in [-0.4, -0.2) is 160 Å². The molecule has 36 heteroatoms. The van der Waals surface area contributed by atoms with Crippen LogP contribution in [0.1, 0.15) is 139 Å². The molecule has 0 fully saturated rings. The second-order valence-electron chi connectivity index (χ2n) is 38.1. The summed E-state index contributed by atoms with van der Waals surface area (Å²) in [5.74, 6) is -4.14. The lowest BCUT2D eigenvalue weighted by Crippen LogP contribution is -2.40. The van der Waals surface area contributed by atoms with Crippen LogP contribution in [0.2, 0.25) is 25.1 Å². The number of hydrogen-bond donors (Lipinski definition) is 8. The van der Waals surface area contributed by atoms with Crippen molar-refractivity contribution in [3.05, 3.63) is 333 Å². The monoisotopic (exact) mass is 2120 g/mol. The van der Waals surface area contributed by atoms with Crippen LogP contribution in [0.3, 0.4) is 0 Å². The molecule has 0 bridgehead atoms. The first kappa shape index (κ1) is 106. The van der Waals surface area contributed by atoms with Crippen LogP contribution in [0.5, 0.6) is 0 Å². The van der Waals surface area contributed by atoms with E-state index in [4.69, 9.17) is 97.6 Å². The molecule has 22 rings (SSSR count). The zero-order chi connectivity index (χ0) is 107.